The fourth-order valence-electron chi connectivity index (χ4n) is 3.97. The first kappa shape index (κ1) is 24.3. The van der Waals surface area contributed by atoms with E-state index in [1.54, 1.807) is 36.5 Å². The molecule has 6 nitrogen and oxygen atoms in total. The van der Waals surface area contributed by atoms with Gasteiger partial charge in [-0.15, -0.1) is 0 Å². The number of hydrogen-bond donors (Lipinski definition) is 1. The molecule has 1 aliphatic rings. The highest BCUT2D eigenvalue weighted by Crippen LogP contribution is 2.48. The van der Waals surface area contributed by atoms with E-state index in [1.807, 2.05) is 13.0 Å². The van der Waals surface area contributed by atoms with Gasteiger partial charge in [-0.25, -0.2) is 4.39 Å². The molecular weight excluding hydrogens is 527 g/mol. The smallest absolute Gasteiger partial charge is 0.308 e. The number of ether oxygens (including phenoxy) is 1. The molecule has 1 aliphatic heterocycles. The molecule has 2 atom stereocenters. The third-order valence-electron chi connectivity index (χ3n) is 5.74. The summed E-state index contributed by atoms with van der Waals surface area (Å²) in [5.41, 5.74) is 0.377. The summed E-state index contributed by atoms with van der Waals surface area (Å²) in [6, 6.07) is 13.0. The Balaban J connectivity index is 1.95. The van der Waals surface area contributed by atoms with Crippen molar-refractivity contribution in [3.8, 4) is 0 Å². The summed E-state index contributed by atoms with van der Waals surface area (Å²) in [5, 5.41) is 9.89. The lowest BCUT2D eigenvalue weighted by Gasteiger charge is -2.40. The number of aryl methyl sites for hydroxylation is 1. The van der Waals surface area contributed by atoms with Crippen LogP contribution >= 0.6 is 27.5 Å². The molecule has 2 heterocycles. The maximum absolute atomic E-state index is 15.6. The first-order valence-electron chi connectivity index (χ1n) is 10.5. The molecule has 1 amide bonds. The molecule has 9 heteroatoms. The molecule has 1 aromatic heterocycles. The van der Waals surface area contributed by atoms with Gasteiger partial charge in [0.25, 0.3) is 5.91 Å². The van der Waals surface area contributed by atoms with Gasteiger partial charge in [0.05, 0.1) is 35.9 Å². The summed E-state index contributed by atoms with van der Waals surface area (Å²) in [6.07, 6.45) is 1.68. The number of benzene rings is 2. The first-order valence-corrected chi connectivity index (χ1v) is 11.7. The van der Waals surface area contributed by atoms with E-state index >= 15 is 4.39 Å². The number of rotatable bonds is 7. The van der Waals surface area contributed by atoms with Gasteiger partial charge in [-0.3, -0.25) is 19.5 Å². The lowest BCUT2D eigenvalue weighted by Crippen LogP contribution is -2.48. The van der Waals surface area contributed by atoms with Crippen molar-refractivity contribution in [2.45, 2.75) is 26.1 Å². The summed E-state index contributed by atoms with van der Waals surface area (Å²) < 4.78 is 22.2. The van der Waals surface area contributed by atoms with Gasteiger partial charge in [0.2, 0.25) is 0 Å². The summed E-state index contributed by atoms with van der Waals surface area (Å²) in [4.78, 5) is 31.0. The minimum absolute atomic E-state index is 0.00886. The third-order valence-corrected chi connectivity index (χ3v) is 6.45. The topological polar surface area (TPSA) is 79.7 Å². The Morgan fingerprint density at radius 2 is 1.97 bits per heavy atom. The zero-order chi connectivity index (χ0) is 24.6. The minimum Gasteiger partial charge on any atom is -0.481 e. The van der Waals surface area contributed by atoms with Gasteiger partial charge in [0.15, 0.2) is 5.72 Å². The Hall–Kier alpha value is -2.81. The van der Waals surface area contributed by atoms with Gasteiger partial charge in [0, 0.05) is 21.3 Å². The average molecular weight is 548 g/mol. The van der Waals surface area contributed by atoms with Crippen molar-refractivity contribution < 1.29 is 23.8 Å². The molecule has 0 fully saturated rings. The summed E-state index contributed by atoms with van der Waals surface area (Å²) >= 11 is 9.37. The standard InChI is InChI=1S/C25H21BrClFN2O4/c1-14-3-8-19(29-11-14)12-30-23(31)20-9-17(26)10-21(28)22(20)25(30,34-13-15(2)24(32)33)16-4-6-18(27)7-5-16/h3-11,15H,12-13H2,1-2H3,(H,32,33)/t15-,25?/m0/s1. The van der Waals surface area contributed by atoms with E-state index in [9.17, 15) is 14.7 Å². The molecular formula is C25H21BrClFN2O4. The van der Waals surface area contributed by atoms with E-state index in [2.05, 4.69) is 20.9 Å². The normalized spacial score (nSPS) is 18.1. The van der Waals surface area contributed by atoms with Crippen molar-refractivity contribution in [1.29, 1.82) is 0 Å². The van der Waals surface area contributed by atoms with Gasteiger partial charge >= 0.3 is 5.97 Å². The number of carboxylic acids is 1. The molecule has 3 aromatic rings. The Kier molecular flexibility index (Phi) is 6.75. The molecule has 1 N–H and O–H groups in total. The van der Waals surface area contributed by atoms with Crippen LogP contribution in [0.1, 0.15) is 39.7 Å². The number of nitrogens with zero attached hydrogens (tertiary/aromatic N) is 2. The zero-order valence-electron chi connectivity index (χ0n) is 18.4. The molecule has 0 saturated heterocycles. The number of hydrogen-bond acceptors (Lipinski definition) is 4. The predicted molar refractivity (Wildman–Crippen MR) is 128 cm³/mol. The number of fused-ring (bicyclic) bond motifs is 1. The number of aliphatic carboxylic acids is 1. The fourth-order valence-corrected chi connectivity index (χ4v) is 4.53. The second kappa shape index (κ2) is 9.44. The highest BCUT2D eigenvalue weighted by Gasteiger charge is 2.54. The quantitative estimate of drug-likeness (QED) is 0.420. The van der Waals surface area contributed by atoms with Gasteiger partial charge in [-0.1, -0.05) is 45.7 Å². The molecule has 0 aliphatic carbocycles. The number of carbonyl (C=O) groups is 2. The first-order chi connectivity index (χ1) is 16.1. The van der Waals surface area contributed by atoms with E-state index in [-0.39, 0.29) is 24.3 Å². The van der Waals surface area contributed by atoms with Crippen LogP contribution in [0.3, 0.4) is 0 Å². The van der Waals surface area contributed by atoms with Crippen LogP contribution in [0, 0.1) is 18.7 Å². The molecule has 0 saturated carbocycles. The van der Waals surface area contributed by atoms with Crippen LogP contribution in [0.25, 0.3) is 0 Å². The molecule has 1 unspecified atom stereocenters. The summed E-state index contributed by atoms with van der Waals surface area (Å²) in [6.45, 7) is 3.13. The Bertz CT molecular complexity index is 1250. The SMILES string of the molecule is Cc1ccc(CN2C(=O)c3cc(Br)cc(F)c3C2(OC[C@H](C)C(=O)O)c2ccc(Cl)cc2)nc1. The minimum atomic E-state index is -1.72. The molecule has 34 heavy (non-hydrogen) atoms. The number of carboxylic acid groups (broad SMARTS) is 1. The van der Waals surface area contributed by atoms with E-state index in [4.69, 9.17) is 16.3 Å². The summed E-state index contributed by atoms with van der Waals surface area (Å²) in [7, 11) is 0. The fraction of sp³-hybridized carbons (Fsp3) is 0.240. The second-order valence-corrected chi connectivity index (χ2v) is 9.58. The lowest BCUT2D eigenvalue weighted by molar-refractivity contribution is -0.153. The number of carbonyl (C=O) groups excluding carboxylic acids is 1. The average Bonchev–Trinajstić information content (AvgIpc) is 3.02. The Labute approximate surface area is 209 Å². The van der Waals surface area contributed by atoms with E-state index in [0.29, 0.717) is 20.8 Å². The van der Waals surface area contributed by atoms with Gasteiger partial charge in [-0.05, 0) is 49.7 Å². The third kappa shape index (κ3) is 4.33. The maximum Gasteiger partial charge on any atom is 0.308 e. The van der Waals surface area contributed by atoms with Crippen LogP contribution in [-0.4, -0.2) is 33.5 Å². The highest BCUT2D eigenvalue weighted by atomic mass is 79.9. The maximum atomic E-state index is 15.6. The predicted octanol–water partition coefficient (Wildman–Crippen LogP) is 5.54. The monoisotopic (exact) mass is 546 g/mol. The molecule has 0 bridgehead atoms. The number of aromatic nitrogens is 1. The van der Waals surface area contributed by atoms with Crippen LogP contribution in [0.5, 0.6) is 0 Å². The zero-order valence-corrected chi connectivity index (χ0v) is 20.7. The van der Waals surface area contributed by atoms with Crippen LogP contribution in [0.2, 0.25) is 5.02 Å². The van der Waals surface area contributed by atoms with Crippen molar-refractivity contribution in [2.24, 2.45) is 5.92 Å². The van der Waals surface area contributed by atoms with Gasteiger partial charge < -0.3 is 9.84 Å². The Morgan fingerprint density at radius 3 is 2.59 bits per heavy atom. The lowest BCUT2D eigenvalue weighted by atomic mass is 9.92. The second-order valence-electron chi connectivity index (χ2n) is 8.23. The number of halogens is 3. The van der Waals surface area contributed by atoms with E-state index in [0.717, 1.165) is 5.56 Å². The van der Waals surface area contributed by atoms with Crippen molar-refractivity contribution in [2.75, 3.05) is 6.61 Å². The van der Waals surface area contributed by atoms with Gasteiger partial charge in [-0.2, -0.15) is 0 Å². The van der Waals surface area contributed by atoms with Crippen molar-refractivity contribution in [3.05, 3.63) is 98.0 Å². The molecule has 0 radical (unpaired) electrons. The van der Waals surface area contributed by atoms with Crippen molar-refractivity contribution >= 4 is 39.4 Å². The van der Waals surface area contributed by atoms with Crippen molar-refractivity contribution in [3.63, 3.8) is 0 Å². The molecule has 4 rings (SSSR count). The molecule has 2 aromatic carbocycles. The number of amides is 1. The van der Waals surface area contributed by atoms with Crippen LogP contribution < -0.4 is 0 Å². The summed E-state index contributed by atoms with van der Waals surface area (Å²) in [5.74, 6) is -3.09. The largest absolute Gasteiger partial charge is 0.481 e. The highest BCUT2D eigenvalue weighted by molar-refractivity contribution is 9.10. The molecule has 0 spiro atoms. The number of pyridine rings is 1. The Morgan fingerprint density at radius 1 is 1.26 bits per heavy atom. The van der Waals surface area contributed by atoms with Crippen molar-refractivity contribution in [1.82, 2.24) is 9.88 Å². The van der Waals surface area contributed by atoms with Crippen LogP contribution in [-0.2, 0) is 21.8 Å². The van der Waals surface area contributed by atoms with Crippen LogP contribution in [0.4, 0.5) is 4.39 Å². The van der Waals surface area contributed by atoms with E-state index in [1.165, 1.54) is 24.0 Å². The molecule has 176 valence electrons. The van der Waals surface area contributed by atoms with Crippen LogP contribution in [0.15, 0.2) is 59.2 Å². The van der Waals surface area contributed by atoms with E-state index < -0.39 is 29.3 Å². The van der Waals surface area contributed by atoms with Gasteiger partial charge in [0.1, 0.15) is 5.82 Å².